The molecule has 1 aliphatic rings. The summed E-state index contributed by atoms with van der Waals surface area (Å²) in [5, 5.41) is 35.8. The molecule has 1 saturated heterocycles. The molecule has 0 aliphatic carbocycles. The molecule has 1 unspecified atom stereocenters. The normalized spacial score (nSPS) is 27.1. The average Bonchev–Trinajstić information content (AvgIpc) is 3.28. The number of aromatic nitrogens is 6. The van der Waals surface area contributed by atoms with Crippen LogP contribution in [0, 0.1) is 0 Å². The second-order valence-electron chi connectivity index (χ2n) is 5.47. The van der Waals surface area contributed by atoms with Crippen LogP contribution in [0.1, 0.15) is 6.23 Å². The van der Waals surface area contributed by atoms with E-state index in [1.807, 2.05) is 0 Å². The van der Waals surface area contributed by atoms with Crippen LogP contribution >= 0.6 is 0 Å². The SMILES string of the molecule is Nc1nc(-c2cn[nH]c2)nc2c1ncn2C1O[C@H](CO)[C@@H](O)[C@H]1O. The number of aliphatic hydroxyl groups is 3. The Hall–Kier alpha value is -2.60. The van der Waals surface area contributed by atoms with Crippen LogP contribution in [0.15, 0.2) is 18.7 Å². The average molecular weight is 333 g/mol. The first-order valence-electron chi connectivity index (χ1n) is 7.22. The third-order valence-electron chi connectivity index (χ3n) is 4.00. The number of nitrogens with two attached hydrogens (primary N) is 1. The number of hydrogen-bond donors (Lipinski definition) is 5. The van der Waals surface area contributed by atoms with Crippen molar-refractivity contribution in [1.82, 2.24) is 29.7 Å². The minimum Gasteiger partial charge on any atom is -0.394 e. The molecular formula is C13H15N7O4. The zero-order valence-corrected chi connectivity index (χ0v) is 12.3. The summed E-state index contributed by atoms with van der Waals surface area (Å²) in [7, 11) is 0. The van der Waals surface area contributed by atoms with Gasteiger partial charge in [0.15, 0.2) is 23.5 Å². The van der Waals surface area contributed by atoms with E-state index in [0.29, 0.717) is 22.6 Å². The van der Waals surface area contributed by atoms with E-state index in [1.54, 1.807) is 12.4 Å². The maximum Gasteiger partial charge on any atom is 0.168 e. The monoisotopic (exact) mass is 333 g/mol. The fraction of sp³-hybridized carbons (Fsp3) is 0.385. The Balaban J connectivity index is 1.82. The van der Waals surface area contributed by atoms with Crippen molar-refractivity contribution < 1.29 is 20.1 Å². The summed E-state index contributed by atoms with van der Waals surface area (Å²) < 4.78 is 6.97. The highest BCUT2D eigenvalue weighted by Crippen LogP contribution is 2.32. The molecule has 126 valence electrons. The fourth-order valence-electron chi connectivity index (χ4n) is 2.74. The largest absolute Gasteiger partial charge is 0.394 e. The van der Waals surface area contributed by atoms with E-state index in [4.69, 9.17) is 10.5 Å². The minimum atomic E-state index is -1.24. The zero-order valence-electron chi connectivity index (χ0n) is 12.3. The number of ether oxygens (including phenoxy) is 1. The van der Waals surface area contributed by atoms with Crippen LogP contribution < -0.4 is 5.73 Å². The second kappa shape index (κ2) is 5.49. The molecule has 24 heavy (non-hydrogen) atoms. The van der Waals surface area contributed by atoms with Crippen molar-refractivity contribution in [2.45, 2.75) is 24.5 Å². The van der Waals surface area contributed by atoms with Gasteiger partial charge in [-0.25, -0.2) is 15.0 Å². The van der Waals surface area contributed by atoms with Crippen molar-refractivity contribution in [3.63, 3.8) is 0 Å². The second-order valence-corrected chi connectivity index (χ2v) is 5.47. The lowest BCUT2D eigenvalue weighted by molar-refractivity contribution is -0.0511. The standard InChI is InChI=1S/C13H15N7O4/c14-10-7-12(19-11(18-10)5-1-16-17-2-5)20(4-15-7)13-9(23)8(22)6(3-21)24-13/h1-2,4,6,8-9,13,21-23H,3H2,(H,16,17)(H2,14,18,19)/t6-,8-,9-,13?/m1/s1. The Labute approximate surface area is 134 Å². The third kappa shape index (κ3) is 2.14. The summed E-state index contributed by atoms with van der Waals surface area (Å²) in [5.74, 6) is 0.504. The summed E-state index contributed by atoms with van der Waals surface area (Å²) in [4.78, 5) is 12.7. The lowest BCUT2D eigenvalue weighted by Gasteiger charge is -2.16. The lowest BCUT2D eigenvalue weighted by atomic mass is 10.1. The number of anilines is 1. The van der Waals surface area contributed by atoms with Crippen molar-refractivity contribution in [1.29, 1.82) is 0 Å². The number of aromatic amines is 1. The highest BCUT2D eigenvalue weighted by molar-refractivity contribution is 5.83. The van der Waals surface area contributed by atoms with E-state index < -0.39 is 31.1 Å². The van der Waals surface area contributed by atoms with Crippen LogP contribution in [0.2, 0.25) is 0 Å². The molecule has 6 N–H and O–H groups in total. The van der Waals surface area contributed by atoms with E-state index >= 15 is 0 Å². The molecule has 0 aromatic carbocycles. The topological polar surface area (TPSA) is 168 Å². The predicted molar refractivity (Wildman–Crippen MR) is 80.3 cm³/mol. The summed E-state index contributed by atoms with van der Waals surface area (Å²) >= 11 is 0. The van der Waals surface area contributed by atoms with Crippen LogP contribution in [0.5, 0.6) is 0 Å². The molecule has 1 fully saturated rings. The number of hydrogen-bond acceptors (Lipinski definition) is 9. The molecule has 11 nitrogen and oxygen atoms in total. The smallest absolute Gasteiger partial charge is 0.168 e. The summed E-state index contributed by atoms with van der Waals surface area (Å²) in [6.45, 7) is -0.418. The van der Waals surface area contributed by atoms with Crippen LogP contribution in [0.25, 0.3) is 22.6 Å². The number of fused-ring (bicyclic) bond motifs is 1. The van der Waals surface area contributed by atoms with E-state index in [9.17, 15) is 15.3 Å². The van der Waals surface area contributed by atoms with Crippen molar-refractivity contribution in [3.8, 4) is 11.4 Å². The minimum absolute atomic E-state index is 0.168. The summed E-state index contributed by atoms with van der Waals surface area (Å²) in [6.07, 6.45) is 0.262. The molecule has 0 spiro atoms. The predicted octanol–water partition coefficient (Wildman–Crippen LogP) is -1.59. The highest BCUT2D eigenvalue weighted by Gasteiger charge is 2.44. The Morgan fingerprint density at radius 2 is 2.12 bits per heavy atom. The molecule has 4 atom stereocenters. The Morgan fingerprint density at radius 1 is 1.29 bits per heavy atom. The maximum atomic E-state index is 10.2. The first-order chi connectivity index (χ1) is 11.6. The number of aliphatic hydroxyl groups excluding tert-OH is 3. The molecule has 0 bridgehead atoms. The molecular weight excluding hydrogens is 318 g/mol. The third-order valence-corrected chi connectivity index (χ3v) is 4.00. The van der Waals surface area contributed by atoms with Crippen molar-refractivity contribution in [2.75, 3.05) is 12.3 Å². The van der Waals surface area contributed by atoms with E-state index in [0.717, 1.165) is 0 Å². The Morgan fingerprint density at radius 3 is 2.79 bits per heavy atom. The van der Waals surface area contributed by atoms with Gasteiger partial charge < -0.3 is 25.8 Å². The van der Waals surface area contributed by atoms with Crippen LogP contribution in [-0.2, 0) is 4.74 Å². The molecule has 11 heteroatoms. The molecule has 0 radical (unpaired) electrons. The Kier molecular flexibility index (Phi) is 3.42. The number of nitrogens with zero attached hydrogens (tertiary/aromatic N) is 5. The van der Waals surface area contributed by atoms with Gasteiger partial charge >= 0.3 is 0 Å². The van der Waals surface area contributed by atoms with Gasteiger partial charge in [0.05, 0.1) is 24.7 Å². The van der Waals surface area contributed by atoms with Gasteiger partial charge in [-0.1, -0.05) is 0 Å². The van der Waals surface area contributed by atoms with Crippen molar-refractivity contribution in [2.24, 2.45) is 0 Å². The summed E-state index contributed by atoms with van der Waals surface area (Å²) in [5.41, 5.74) is 7.27. The van der Waals surface area contributed by atoms with Crippen LogP contribution in [-0.4, -0.2) is 70.0 Å². The molecule has 3 aromatic heterocycles. The van der Waals surface area contributed by atoms with Gasteiger partial charge in [-0.3, -0.25) is 9.67 Å². The van der Waals surface area contributed by atoms with E-state index in [2.05, 4.69) is 25.1 Å². The van der Waals surface area contributed by atoms with Gasteiger partial charge in [0.1, 0.15) is 23.8 Å². The van der Waals surface area contributed by atoms with Gasteiger partial charge in [0.25, 0.3) is 0 Å². The van der Waals surface area contributed by atoms with Gasteiger partial charge in [-0.2, -0.15) is 5.10 Å². The highest BCUT2D eigenvalue weighted by atomic mass is 16.6. The van der Waals surface area contributed by atoms with Gasteiger partial charge in [-0.05, 0) is 0 Å². The molecule has 4 heterocycles. The quantitative estimate of drug-likeness (QED) is 0.379. The fourth-order valence-corrected chi connectivity index (χ4v) is 2.74. The molecule has 0 amide bonds. The number of H-pyrrole nitrogens is 1. The van der Waals surface area contributed by atoms with E-state index in [1.165, 1.54) is 10.9 Å². The molecule has 3 aromatic rings. The van der Waals surface area contributed by atoms with Crippen LogP contribution in [0.4, 0.5) is 5.82 Å². The van der Waals surface area contributed by atoms with Crippen LogP contribution in [0.3, 0.4) is 0 Å². The first-order valence-corrected chi connectivity index (χ1v) is 7.22. The number of imidazole rings is 1. The number of nitrogens with one attached hydrogen (secondary N) is 1. The summed E-state index contributed by atoms with van der Waals surface area (Å²) in [6, 6.07) is 0. The van der Waals surface area contributed by atoms with Gasteiger partial charge in [-0.15, -0.1) is 0 Å². The molecule has 0 saturated carbocycles. The number of nitrogen functional groups attached to an aromatic ring is 1. The zero-order chi connectivity index (χ0) is 16.8. The molecule has 1 aliphatic heterocycles. The Bertz CT molecular complexity index is 865. The number of rotatable bonds is 3. The van der Waals surface area contributed by atoms with Crippen molar-refractivity contribution in [3.05, 3.63) is 18.7 Å². The van der Waals surface area contributed by atoms with E-state index in [-0.39, 0.29) is 5.82 Å². The maximum absolute atomic E-state index is 10.2. The van der Waals surface area contributed by atoms with Gasteiger partial charge in [0.2, 0.25) is 0 Å². The molecule has 4 rings (SSSR count). The van der Waals surface area contributed by atoms with Gasteiger partial charge in [0, 0.05) is 6.20 Å². The van der Waals surface area contributed by atoms with Crippen molar-refractivity contribution >= 4 is 17.0 Å². The lowest BCUT2D eigenvalue weighted by Crippen LogP contribution is -2.33. The first kappa shape index (κ1) is 15.0.